The van der Waals surface area contributed by atoms with E-state index in [4.69, 9.17) is 4.74 Å². The van der Waals surface area contributed by atoms with E-state index in [9.17, 15) is 5.11 Å². The Labute approximate surface area is 122 Å². The number of hydrogen-bond donors (Lipinski definition) is 1. The quantitative estimate of drug-likeness (QED) is 0.888. The highest BCUT2D eigenvalue weighted by Crippen LogP contribution is 2.46. The molecule has 2 saturated carbocycles. The van der Waals surface area contributed by atoms with Crippen molar-refractivity contribution in [2.75, 3.05) is 7.11 Å². The summed E-state index contributed by atoms with van der Waals surface area (Å²) in [6.45, 7) is 0. The molecule has 0 saturated heterocycles. The molecule has 2 aliphatic rings. The normalized spacial score (nSPS) is 31.4. The molecule has 0 amide bonds. The number of benzene rings is 1. The zero-order valence-electron chi connectivity index (χ0n) is 12.4. The Balaban J connectivity index is 1.65. The van der Waals surface area contributed by atoms with E-state index in [0.29, 0.717) is 5.92 Å². The van der Waals surface area contributed by atoms with Crippen LogP contribution in [0.5, 0.6) is 5.75 Å². The lowest BCUT2D eigenvalue weighted by Crippen LogP contribution is -2.30. The monoisotopic (exact) mass is 274 g/mol. The highest BCUT2D eigenvalue weighted by atomic mass is 16.5. The summed E-state index contributed by atoms with van der Waals surface area (Å²) < 4.78 is 5.18. The topological polar surface area (TPSA) is 29.5 Å². The molecule has 0 spiro atoms. The van der Waals surface area contributed by atoms with E-state index < -0.39 is 0 Å². The fraction of sp³-hybridized carbons (Fsp3) is 0.667. The third-order valence-corrected chi connectivity index (χ3v) is 5.48. The predicted octanol–water partition coefficient (Wildman–Crippen LogP) is 4.34. The number of aliphatic hydroxyl groups is 1. The number of hydrogen-bond acceptors (Lipinski definition) is 2. The van der Waals surface area contributed by atoms with Crippen molar-refractivity contribution in [3.05, 3.63) is 29.8 Å². The summed E-state index contributed by atoms with van der Waals surface area (Å²) in [4.78, 5) is 0. The predicted molar refractivity (Wildman–Crippen MR) is 80.7 cm³/mol. The summed E-state index contributed by atoms with van der Waals surface area (Å²) in [5, 5.41) is 10.7. The molecule has 0 aliphatic heterocycles. The minimum Gasteiger partial charge on any atom is -0.497 e. The maximum absolute atomic E-state index is 10.7. The third-order valence-electron chi connectivity index (χ3n) is 5.48. The molecule has 1 aromatic carbocycles. The summed E-state index contributed by atoms with van der Waals surface area (Å²) in [5.41, 5.74) is 1.05. The molecule has 0 aromatic heterocycles. The van der Waals surface area contributed by atoms with Gasteiger partial charge in [0.15, 0.2) is 0 Å². The lowest BCUT2D eigenvalue weighted by molar-refractivity contribution is 0.0349. The standard InChI is InChI=1S/C18H26O2/c1-20-17-10-8-14(9-11-17)18(19)16-7-6-13-4-2-3-5-15(13)12-16/h8-11,13,15-16,18-19H,2-7,12H2,1H3. The van der Waals surface area contributed by atoms with Crippen molar-refractivity contribution in [3.63, 3.8) is 0 Å². The number of rotatable bonds is 3. The van der Waals surface area contributed by atoms with Crippen molar-refractivity contribution in [1.82, 2.24) is 0 Å². The second-order valence-corrected chi connectivity index (χ2v) is 6.60. The summed E-state index contributed by atoms with van der Waals surface area (Å²) in [6.07, 6.45) is 9.06. The molecule has 2 aliphatic carbocycles. The fourth-order valence-corrected chi connectivity index (χ4v) is 4.27. The Morgan fingerprint density at radius 3 is 2.40 bits per heavy atom. The van der Waals surface area contributed by atoms with Crippen LogP contribution in [-0.2, 0) is 0 Å². The van der Waals surface area contributed by atoms with Crippen molar-refractivity contribution in [2.24, 2.45) is 17.8 Å². The number of methoxy groups -OCH3 is 1. The van der Waals surface area contributed by atoms with Crippen molar-refractivity contribution >= 4 is 0 Å². The van der Waals surface area contributed by atoms with Gasteiger partial charge in [0.1, 0.15) is 5.75 Å². The van der Waals surface area contributed by atoms with Gasteiger partial charge in [0.2, 0.25) is 0 Å². The fourth-order valence-electron chi connectivity index (χ4n) is 4.27. The number of ether oxygens (including phenoxy) is 1. The minimum atomic E-state index is -0.302. The Kier molecular flexibility index (Phi) is 4.30. The molecule has 2 fully saturated rings. The van der Waals surface area contributed by atoms with Crippen LogP contribution in [0.25, 0.3) is 0 Å². The molecule has 20 heavy (non-hydrogen) atoms. The van der Waals surface area contributed by atoms with E-state index in [2.05, 4.69) is 0 Å². The van der Waals surface area contributed by atoms with Gasteiger partial charge in [-0.2, -0.15) is 0 Å². The van der Waals surface area contributed by atoms with Gasteiger partial charge in [0.25, 0.3) is 0 Å². The Bertz CT molecular complexity index is 426. The van der Waals surface area contributed by atoms with Gasteiger partial charge in [-0.15, -0.1) is 0 Å². The first-order valence-electron chi connectivity index (χ1n) is 8.10. The minimum absolute atomic E-state index is 0.302. The van der Waals surface area contributed by atoms with E-state index in [1.165, 1.54) is 44.9 Å². The van der Waals surface area contributed by atoms with Crippen LogP contribution < -0.4 is 4.74 Å². The van der Waals surface area contributed by atoms with Crippen LogP contribution >= 0.6 is 0 Å². The van der Waals surface area contributed by atoms with Gasteiger partial charge in [0, 0.05) is 0 Å². The third kappa shape index (κ3) is 2.85. The van der Waals surface area contributed by atoms with Crippen LogP contribution in [0.4, 0.5) is 0 Å². The number of fused-ring (bicyclic) bond motifs is 1. The highest BCUT2D eigenvalue weighted by Gasteiger charge is 2.35. The van der Waals surface area contributed by atoms with Gasteiger partial charge in [-0.05, 0) is 54.7 Å². The molecule has 2 heteroatoms. The first-order valence-corrected chi connectivity index (χ1v) is 8.10. The molecular formula is C18H26O2. The van der Waals surface area contributed by atoms with Crippen LogP contribution in [0.3, 0.4) is 0 Å². The second-order valence-electron chi connectivity index (χ2n) is 6.60. The van der Waals surface area contributed by atoms with Gasteiger partial charge in [-0.1, -0.05) is 37.8 Å². The van der Waals surface area contributed by atoms with Crippen LogP contribution in [0, 0.1) is 17.8 Å². The average Bonchev–Trinajstić information content (AvgIpc) is 2.54. The van der Waals surface area contributed by atoms with E-state index >= 15 is 0 Å². The van der Waals surface area contributed by atoms with Crippen LogP contribution in [0.2, 0.25) is 0 Å². The molecule has 3 rings (SSSR count). The summed E-state index contributed by atoms with van der Waals surface area (Å²) in [6, 6.07) is 7.92. The molecule has 1 aromatic rings. The van der Waals surface area contributed by atoms with Crippen molar-refractivity contribution in [3.8, 4) is 5.75 Å². The Morgan fingerprint density at radius 2 is 1.70 bits per heavy atom. The van der Waals surface area contributed by atoms with E-state index in [1.54, 1.807) is 7.11 Å². The van der Waals surface area contributed by atoms with Gasteiger partial charge >= 0.3 is 0 Å². The van der Waals surface area contributed by atoms with Crippen LogP contribution in [0.1, 0.15) is 56.6 Å². The van der Waals surface area contributed by atoms with E-state index in [-0.39, 0.29) is 6.10 Å². The van der Waals surface area contributed by atoms with Crippen LogP contribution in [-0.4, -0.2) is 12.2 Å². The number of aliphatic hydroxyl groups excluding tert-OH is 1. The maximum atomic E-state index is 10.7. The molecular weight excluding hydrogens is 248 g/mol. The van der Waals surface area contributed by atoms with Crippen molar-refractivity contribution in [1.29, 1.82) is 0 Å². The van der Waals surface area contributed by atoms with Gasteiger partial charge < -0.3 is 9.84 Å². The van der Waals surface area contributed by atoms with Crippen LogP contribution in [0.15, 0.2) is 24.3 Å². The van der Waals surface area contributed by atoms with Gasteiger partial charge in [-0.3, -0.25) is 0 Å². The summed E-state index contributed by atoms with van der Waals surface area (Å²) >= 11 is 0. The molecule has 4 atom stereocenters. The second kappa shape index (κ2) is 6.17. The van der Waals surface area contributed by atoms with Gasteiger partial charge in [-0.25, -0.2) is 0 Å². The zero-order chi connectivity index (χ0) is 13.9. The lowest BCUT2D eigenvalue weighted by atomic mass is 9.66. The zero-order valence-corrected chi connectivity index (χ0v) is 12.4. The summed E-state index contributed by atoms with van der Waals surface area (Å²) in [5.74, 6) is 3.12. The lowest BCUT2D eigenvalue weighted by Gasteiger charge is -2.40. The van der Waals surface area contributed by atoms with Crippen molar-refractivity contribution in [2.45, 2.75) is 51.0 Å². The van der Waals surface area contributed by atoms with Crippen molar-refractivity contribution < 1.29 is 9.84 Å². The molecule has 110 valence electrons. The SMILES string of the molecule is COc1ccc(C(O)C2CCC3CCCCC3C2)cc1. The Hall–Kier alpha value is -1.02. The first-order chi connectivity index (χ1) is 9.78. The smallest absolute Gasteiger partial charge is 0.118 e. The molecule has 4 unspecified atom stereocenters. The molecule has 0 bridgehead atoms. The largest absolute Gasteiger partial charge is 0.497 e. The van der Waals surface area contributed by atoms with E-state index in [1.807, 2.05) is 24.3 Å². The Morgan fingerprint density at radius 1 is 1.00 bits per heavy atom. The van der Waals surface area contributed by atoms with E-state index in [0.717, 1.165) is 23.1 Å². The average molecular weight is 274 g/mol. The first kappa shape index (κ1) is 13.9. The molecule has 2 nitrogen and oxygen atoms in total. The van der Waals surface area contributed by atoms with Gasteiger partial charge in [0.05, 0.1) is 13.2 Å². The molecule has 1 N–H and O–H groups in total. The molecule has 0 heterocycles. The summed E-state index contributed by atoms with van der Waals surface area (Å²) in [7, 11) is 1.68. The maximum Gasteiger partial charge on any atom is 0.118 e. The highest BCUT2D eigenvalue weighted by molar-refractivity contribution is 5.28. The molecule has 0 radical (unpaired) electrons.